The second kappa shape index (κ2) is 9.80. The summed E-state index contributed by atoms with van der Waals surface area (Å²) in [5.41, 5.74) is 3.99. The molecule has 0 radical (unpaired) electrons. The van der Waals surface area contributed by atoms with Crippen LogP contribution in [0.15, 0.2) is 48.5 Å². The summed E-state index contributed by atoms with van der Waals surface area (Å²) in [5, 5.41) is 2.80. The number of rotatable bonds is 9. The van der Waals surface area contributed by atoms with Gasteiger partial charge in [-0.2, -0.15) is 11.8 Å². The van der Waals surface area contributed by atoms with E-state index in [4.69, 9.17) is 0 Å². The van der Waals surface area contributed by atoms with Gasteiger partial charge < -0.3 is 5.32 Å². The van der Waals surface area contributed by atoms with Crippen LogP contribution in [-0.4, -0.2) is 39.4 Å². The highest BCUT2D eigenvalue weighted by Gasteiger charge is 2.20. The molecule has 146 valence electrons. The standard InChI is InChI=1S/C20H26N2O3S2/c1-16-7-6-10-19(13-16)22(27(3,24)25)14-20(23)21-11-12-26-15-18-9-5-4-8-17(18)2/h4-10,13H,11-12,14-15H2,1-3H3,(H,21,23). The number of anilines is 1. The van der Waals surface area contributed by atoms with E-state index in [1.807, 2.05) is 25.1 Å². The first kappa shape index (κ1) is 21.3. The average molecular weight is 407 g/mol. The molecule has 0 aliphatic rings. The monoisotopic (exact) mass is 406 g/mol. The van der Waals surface area contributed by atoms with Crippen molar-refractivity contribution in [2.45, 2.75) is 19.6 Å². The van der Waals surface area contributed by atoms with Crippen molar-refractivity contribution >= 4 is 33.4 Å². The summed E-state index contributed by atoms with van der Waals surface area (Å²) in [5.74, 6) is 1.35. The number of sulfonamides is 1. The van der Waals surface area contributed by atoms with Gasteiger partial charge in [0.2, 0.25) is 15.9 Å². The summed E-state index contributed by atoms with van der Waals surface area (Å²) in [7, 11) is -3.54. The highest BCUT2D eigenvalue weighted by molar-refractivity contribution is 7.98. The van der Waals surface area contributed by atoms with Crippen LogP contribution < -0.4 is 9.62 Å². The first-order chi connectivity index (χ1) is 12.8. The van der Waals surface area contributed by atoms with Crippen LogP contribution >= 0.6 is 11.8 Å². The molecule has 0 heterocycles. The lowest BCUT2D eigenvalue weighted by molar-refractivity contribution is -0.119. The summed E-state index contributed by atoms with van der Waals surface area (Å²) >= 11 is 1.74. The summed E-state index contributed by atoms with van der Waals surface area (Å²) in [6.07, 6.45) is 1.11. The Morgan fingerprint density at radius 2 is 1.85 bits per heavy atom. The predicted molar refractivity (Wildman–Crippen MR) is 114 cm³/mol. The maximum atomic E-state index is 12.2. The lowest BCUT2D eigenvalue weighted by atomic mass is 10.1. The van der Waals surface area contributed by atoms with Crippen LogP contribution in [0.3, 0.4) is 0 Å². The first-order valence-electron chi connectivity index (χ1n) is 8.70. The Morgan fingerprint density at radius 1 is 1.11 bits per heavy atom. The summed E-state index contributed by atoms with van der Waals surface area (Å²) < 4.78 is 25.3. The number of amides is 1. The Bertz CT molecular complexity index is 882. The van der Waals surface area contributed by atoms with E-state index in [9.17, 15) is 13.2 Å². The highest BCUT2D eigenvalue weighted by Crippen LogP contribution is 2.18. The van der Waals surface area contributed by atoms with E-state index < -0.39 is 10.0 Å². The number of thioether (sulfide) groups is 1. The van der Waals surface area contributed by atoms with Gasteiger partial charge in [-0.3, -0.25) is 9.10 Å². The van der Waals surface area contributed by atoms with Crippen molar-refractivity contribution < 1.29 is 13.2 Å². The molecule has 0 spiro atoms. The Morgan fingerprint density at radius 3 is 2.52 bits per heavy atom. The Kier molecular flexibility index (Phi) is 7.74. The van der Waals surface area contributed by atoms with Crippen molar-refractivity contribution in [1.82, 2.24) is 5.32 Å². The molecule has 0 aliphatic heterocycles. The smallest absolute Gasteiger partial charge is 0.240 e. The molecule has 0 fully saturated rings. The molecule has 1 N–H and O–H groups in total. The van der Waals surface area contributed by atoms with Gasteiger partial charge in [-0.1, -0.05) is 36.4 Å². The van der Waals surface area contributed by atoms with Crippen LogP contribution in [0.25, 0.3) is 0 Å². The zero-order valence-electron chi connectivity index (χ0n) is 15.9. The Hall–Kier alpha value is -1.99. The summed E-state index contributed by atoms with van der Waals surface area (Å²) in [4.78, 5) is 12.2. The van der Waals surface area contributed by atoms with Gasteiger partial charge in [-0.25, -0.2) is 8.42 Å². The highest BCUT2D eigenvalue weighted by atomic mass is 32.2. The molecule has 0 bridgehead atoms. The van der Waals surface area contributed by atoms with Crippen molar-refractivity contribution in [2.24, 2.45) is 0 Å². The second-order valence-corrected chi connectivity index (χ2v) is 9.45. The molecule has 5 nitrogen and oxygen atoms in total. The average Bonchev–Trinajstić information content (AvgIpc) is 2.60. The minimum atomic E-state index is -3.54. The second-order valence-electron chi connectivity index (χ2n) is 6.44. The molecule has 0 saturated heterocycles. The first-order valence-corrected chi connectivity index (χ1v) is 11.7. The zero-order valence-corrected chi connectivity index (χ0v) is 17.6. The number of carbonyl (C=O) groups is 1. The van der Waals surface area contributed by atoms with Gasteiger partial charge in [-0.05, 0) is 42.7 Å². The van der Waals surface area contributed by atoms with Crippen LogP contribution in [0, 0.1) is 13.8 Å². The van der Waals surface area contributed by atoms with E-state index in [0.717, 1.165) is 27.6 Å². The maximum Gasteiger partial charge on any atom is 0.240 e. The van der Waals surface area contributed by atoms with Crippen LogP contribution in [-0.2, 0) is 20.6 Å². The molecule has 0 aliphatic carbocycles. The molecule has 0 aromatic heterocycles. The van der Waals surface area contributed by atoms with E-state index in [0.29, 0.717) is 12.2 Å². The number of aryl methyl sites for hydroxylation is 2. The van der Waals surface area contributed by atoms with E-state index >= 15 is 0 Å². The fourth-order valence-corrected chi connectivity index (χ4v) is 4.37. The van der Waals surface area contributed by atoms with Crippen LogP contribution in [0.4, 0.5) is 5.69 Å². The third-order valence-corrected chi connectivity index (χ3v) is 6.21. The molecule has 0 atom stereocenters. The number of hydrogen-bond donors (Lipinski definition) is 1. The zero-order chi connectivity index (χ0) is 19.9. The maximum absolute atomic E-state index is 12.2. The van der Waals surface area contributed by atoms with Gasteiger partial charge in [0.1, 0.15) is 6.54 Å². The SMILES string of the molecule is Cc1cccc(N(CC(=O)NCCSCc2ccccc2C)S(C)(=O)=O)c1. The number of nitrogens with one attached hydrogen (secondary N) is 1. The number of carbonyl (C=O) groups excluding carboxylic acids is 1. The van der Waals surface area contributed by atoms with E-state index in [1.54, 1.807) is 30.0 Å². The van der Waals surface area contributed by atoms with Gasteiger partial charge in [0.25, 0.3) is 0 Å². The number of hydrogen-bond acceptors (Lipinski definition) is 4. The molecule has 1 amide bonds. The van der Waals surface area contributed by atoms with E-state index in [2.05, 4.69) is 24.4 Å². The molecule has 0 unspecified atom stereocenters. The minimum Gasteiger partial charge on any atom is -0.354 e. The third-order valence-electron chi connectivity index (χ3n) is 4.06. The lowest BCUT2D eigenvalue weighted by Crippen LogP contribution is -2.41. The van der Waals surface area contributed by atoms with Crippen molar-refractivity contribution in [2.75, 3.05) is 29.4 Å². The number of benzene rings is 2. The van der Waals surface area contributed by atoms with E-state index in [1.165, 1.54) is 11.1 Å². The third kappa shape index (κ3) is 6.92. The predicted octanol–water partition coefficient (Wildman–Crippen LogP) is 3.12. The van der Waals surface area contributed by atoms with Crippen LogP contribution in [0.5, 0.6) is 0 Å². The lowest BCUT2D eigenvalue weighted by Gasteiger charge is -2.22. The van der Waals surface area contributed by atoms with Gasteiger partial charge in [-0.15, -0.1) is 0 Å². The van der Waals surface area contributed by atoms with Gasteiger partial charge in [0, 0.05) is 18.1 Å². The Balaban J connectivity index is 1.83. The fraction of sp³-hybridized carbons (Fsp3) is 0.350. The topological polar surface area (TPSA) is 66.5 Å². The fourth-order valence-electron chi connectivity index (χ4n) is 2.59. The largest absolute Gasteiger partial charge is 0.354 e. The molecule has 27 heavy (non-hydrogen) atoms. The van der Waals surface area contributed by atoms with Crippen molar-refractivity contribution in [3.63, 3.8) is 0 Å². The van der Waals surface area contributed by atoms with E-state index in [-0.39, 0.29) is 12.5 Å². The van der Waals surface area contributed by atoms with Crippen LogP contribution in [0.1, 0.15) is 16.7 Å². The summed E-state index contributed by atoms with van der Waals surface area (Å²) in [6, 6.07) is 15.3. The molecule has 7 heteroatoms. The molecule has 2 rings (SSSR count). The molecule has 0 saturated carbocycles. The van der Waals surface area contributed by atoms with Crippen molar-refractivity contribution in [3.8, 4) is 0 Å². The number of nitrogens with zero attached hydrogens (tertiary/aromatic N) is 1. The quantitative estimate of drug-likeness (QED) is 0.650. The van der Waals surface area contributed by atoms with Crippen LogP contribution in [0.2, 0.25) is 0 Å². The Labute approximate surface area is 166 Å². The van der Waals surface area contributed by atoms with Crippen molar-refractivity contribution in [1.29, 1.82) is 0 Å². The minimum absolute atomic E-state index is 0.218. The molecule has 2 aromatic carbocycles. The molecule has 2 aromatic rings. The molecular weight excluding hydrogens is 380 g/mol. The van der Waals surface area contributed by atoms with Gasteiger partial charge in [0.05, 0.1) is 11.9 Å². The molecular formula is C20H26N2O3S2. The summed E-state index contributed by atoms with van der Waals surface area (Å²) in [6.45, 7) is 4.25. The van der Waals surface area contributed by atoms with Gasteiger partial charge >= 0.3 is 0 Å². The van der Waals surface area contributed by atoms with Crippen molar-refractivity contribution in [3.05, 3.63) is 65.2 Å². The van der Waals surface area contributed by atoms with Gasteiger partial charge in [0.15, 0.2) is 0 Å². The normalized spacial score (nSPS) is 11.2.